The van der Waals surface area contributed by atoms with Crippen LogP contribution < -0.4 is 0 Å². The van der Waals surface area contributed by atoms with Crippen molar-refractivity contribution in [1.82, 2.24) is 0 Å². The monoisotopic (exact) mass is 366 g/mol. The van der Waals surface area contributed by atoms with Gasteiger partial charge >= 0.3 is 0 Å². The van der Waals surface area contributed by atoms with Crippen LogP contribution in [0.3, 0.4) is 0 Å². The molecule has 2 heterocycles. The third kappa shape index (κ3) is 3.56. The second-order valence-electron chi connectivity index (χ2n) is 7.61. The van der Waals surface area contributed by atoms with E-state index in [0.29, 0.717) is 0 Å². The van der Waals surface area contributed by atoms with Crippen LogP contribution >= 0.6 is 0 Å². The second-order valence-corrected chi connectivity index (χ2v) is 7.61. The van der Waals surface area contributed by atoms with Crippen molar-refractivity contribution in [2.45, 2.75) is 63.9 Å². The first-order chi connectivity index (χ1) is 13.2. The van der Waals surface area contributed by atoms with Crippen molar-refractivity contribution in [3.8, 4) is 0 Å². The normalized spacial score (nSPS) is 27.9. The van der Waals surface area contributed by atoms with Gasteiger partial charge in [-0.25, -0.2) is 0 Å². The van der Waals surface area contributed by atoms with Crippen LogP contribution in [-0.2, 0) is 38.6 Å². The van der Waals surface area contributed by atoms with Crippen molar-refractivity contribution in [3.63, 3.8) is 0 Å². The van der Waals surface area contributed by atoms with Gasteiger partial charge in [0.05, 0.1) is 13.2 Å². The van der Waals surface area contributed by atoms with Gasteiger partial charge in [0, 0.05) is 24.0 Å². The fourth-order valence-electron chi connectivity index (χ4n) is 4.22. The van der Waals surface area contributed by atoms with Gasteiger partial charge in [0.25, 0.3) is 0 Å². The lowest BCUT2D eigenvalue weighted by atomic mass is 9.96. The molecule has 2 aromatic carbocycles. The number of hydrogen-bond acceptors (Lipinski definition) is 3. The number of hydrogen-bond donors (Lipinski definition) is 0. The third-order valence-corrected chi connectivity index (χ3v) is 5.90. The Kier molecular flexibility index (Phi) is 5.36. The van der Waals surface area contributed by atoms with E-state index in [9.17, 15) is 0 Å². The Morgan fingerprint density at radius 1 is 0.704 bits per heavy atom. The molecule has 0 spiro atoms. The van der Waals surface area contributed by atoms with Crippen LogP contribution in [0, 0.1) is 0 Å². The molecule has 3 nitrogen and oxygen atoms in total. The molecule has 2 aliphatic rings. The van der Waals surface area contributed by atoms with Crippen LogP contribution in [0.1, 0.15) is 61.8 Å². The highest BCUT2D eigenvalue weighted by Gasteiger charge is 2.49. The smallest absolute Gasteiger partial charge is 0.198 e. The Hall–Kier alpha value is -1.68. The molecule has 2 unspecified atom stereocenters. The number of benzene rings is 2. The van der Waals surface area contributed by atoms with Crippen LogP contribution in [0.25, 0.3) is 0 Å². The van der Waals surface area contributed by atoms with Gasteiger partial charge in [-0.05, 0) is 36.8 Å². The summed E-state index contributed by atoms with van der Waals surface area (Å²) in [4.78, 5) is 0. The lowest BCUT2D eigenvalue weighted by Crippen LogP contribution is -2.40. The van der Waals surface area contributed by atoms with E-state index in [-0.39, 0.29) is 0 Å². The molecule has 0 amide bonds. The zero-order valence-corrected chi connectivity index (χ0v) is 16.5. The number of rotatable bonds is 6. The molecule has 0 aliphatic carbocycles. The van der Waals surface area contributed by atoms with Crippen LogP contribution in [0.4, 0.5) is 0 Å². The van der Waals surface area contributed by atoms with Crippen molar-refractivity contribution < 1.29 is 14.2 Å². The van der Waals surface area contributed by atoms with Gasteiger partial charge in [-0.3, -0.25) is 0 Å². The molecule has 2 aliphatic heterocycles. The number of ether oxygens (including phenoxy) is 3. The lowest BCUT2D eigenvalue weighted by molar-refractivity contribution is -0.350. The molecule has 2 fully saturated rings. The highest BCUT2D eigenvalue weighted by molar-refractivity contribution is 5.29. The van der Waals surface area contributed by atoms with E-state index in [1.807, 2.05) is 0 Å². The molecule has 144 valence electrons. The van der Waals surface area contributed by atoms with E-state index in [1.165, 1.54) is 11.1 Å². The molecule has 4 rings (SSSR count). The van der Waals surface area contributed by atoms with Gasteiger partial charge in [-0.1, -0.05) is 62.4 Å². The summed E-state index contributed by atoms with van der Waals surface area (Å²) in [5.41, 5.74) is 4.84. The summed E-state index contributed by atoms with van der Waals surface area (Å²) in [6.07, 6.45) is 5.78. The maximum absolute atomic E-state index is 6.82. The first kappa shape index (κ1) is 18.7. The zero-order valence-electron chi connectivity index (χ0n) is 16.5. The number of aryl methyl sites for hydroxylation is 2. The van der Waals surface area contributed by atoms with Crippen LogP contribution in [0.15, 0.2) is 48.5 Å². The summed E-state index contributed by atoms with van der Waals surface area (Å²) in [5, 5.41) is 0. The van der Waals surface area contributed by atoms with Gasteiger partial charge in [0.15, 0.2) is 11.6 Å². The molecule has 0 bridgehead atoms. The van der Waals surface area contributed by atoms with Crippen molar-refractivity contribution in [3.05, 3.63) is 70.8 Å². The van der Waals surface area contributed by atoms with Crippen LogP contribution in [0.5, 0.6) is 0 Å². The summed E-state index contributed by atoms with van der Waals surface area (Å²) in [5.74, 6) is -1.44. The molecule has 0 aromatic heterocycles. The summed E-state index contributed by atoms with van der Waals surface area (Å²) in [6.45, 7) is 5.80. The summed E-state index contributed by atoms with van der Waals surface area (Å²) >= 11 is 0. The van der Waals surface area contributed by atoms with Gasteiger partial charge in [-0.2, -0.15) is 0 Å². The van der Waals surface area contributed by atoms with E-state index >= 15 is 0 Å². The minimum Gasteiger partial charge on any atom is -0.346 e. The van der Waals surface area contributed by atoms with E-state index in [2.05, 4.69) is 62.4 Å². The highest BCUT2D eigenvalue weighted by Crippen LogP contribution is 2.48. The predicted molar refractivity (Wildman–Crippen MR) is 106 cm³/mol. The molecular formula is C24H30O3. The molecule has 0 radical (unpaired) electrons. The Labute approximate surface area is 162 Å². The van der Waals surface area contributed by atoms with Gasteiger partial charge < -0.3 is 14.2 Å². The van der Waals surface area contributed by atoms with Gasteiger partial charge in [0.1, 0.15) is 0 Å². The Bertz CT molecular complexity index is 671. The molecule has 27 heavy (non-hydrogen) atoms. The van der Waals surface area contributed by atoms with Crippen molar-refractivity contribution in [2.75, 3.05) is 13.2 Å². The van der Waals surface area contributed by atoms with Crippen molar-refractivity contribution in [1.29, 1.82) is 0 Å². The Morgan fingerprint density at radius 3 is 1.41 bits per heavy atom. The SMILES string of the molecule is CCc1ccc(C2(OC3(c4ccc(CC)cc4)CCCO3)CCCO2)cc1. The van der Waals surface area contributed by atoms with Gasteiger partial charge in [-0.15, -0.1) is 0 Å². The van der Waals surface area contributed by atoms with E-state index in [4.69, 9.17) is 14.2 Å². The lowest BCUT2D eigenvalue weighted by Gasteiger charge is -2.39. The fraction of sp³-hybridized carbons (Fsp3) is 0.500. The maximum Gasteiger partial charge on any atom is 0.198 e. The second kappa shape index (κ2) is 7.75. The minimum atomic E-state index is -0.722. The first-order valence-corrected chi connectivity index (χ1v) is 10.4. The van der Waals surface area contributed by atoms with E-state index in [0.717, 1.165) is 62.9 Å². The van der Waals surface area contributed by atoms with Crippen molar-refractivity contribution in [2.24, 2.45) is 0 Å². The summed E-state index contributed by atoms with van der Waals surface area (Å²) < 4.78 is 19.3. The topological polar surface area (TPSA) is 27.7 Å². The highest BCUT2D eigenvalue weighted by atomic mass is 16.8. The molecule has 2 atom stereocenters. The van der Waals surface area contributed by atoms with Gasteiger partial charge in [0.2, 0.25) is 0 Å². The maximum atomic E-state index is 6.82. The molecule has 0 saturated carbocycles. The van der Waals surface area contributed by atoms with Crippen molar-refractivity contribution >= 4 is 0 Å². The molecule has 2 aromatic rings. The quantitative estimate of drug-likeness (QED) is 0.680. The molecule has 3 heteroatoms. The average molecular weight is 367 g/mol. The molecular weight excluding hydrogens is 336 g/mol. The van der Waals surface area contributed by atoms with Crippen LogP contribution in [-0.4, -0.2) is 13.2 Å². The summed E-state index contributed by atoms with van der Waals surface area (Å²) in [7, 11) is 0. The fourth-order valence-corrected chi connectivity index (χ4v) is 4.22. The minimum absolute atomic E-state index is 0.722. The zero-order chi connectivity index (χ0) is 18.7. The Morgan fingerprint density at radius 2 is 1.11 bits per heavy atom. The Balaban J connectivity index is 1.69. The molecule has 2 saturated heterocycles. The van der Waals surface area contributed by atoms with Crippen LogP contribution in [0.2, 0.25) is 0 Å². The largest absolute Gasteiger partial charge is 0.346 e. The first-order valence-electron chi connectivity index (χ1n) is 10.4. The van der Waals surface area contributed by atoms with E-state index < -0.39 is 11.6 Å². The summed E-state index contributed by atoms with van der Waals surface area (Å²) in [6, 6.07) is 17.4. The van der Waals surface area contributed by atoms with E-state index in [1.54, 1.807) is 0 Å². The standard InChI is InChI=1S/C24H30O3/c1-3-19-7-11-21(12-8-19)23(15-5-17-25-23)27-24(16-6-18-26-24)22-13-9-20(4-2)10-14-22/h7-14H,3-6,15-18H2,1-2H3. The third-order valence-electron chi connectivity index (χ3n) is 5.90. The average Bonchev–Trinajstić information content (AvgIpc) is 3.39. The molecule has 0 N–H and O–H groups in total. The predicted octanol–water partition coefficient (Wildman–Crippen LogP) is 5.45.